The van der Waals surface area contributed by atoms with Crippen LogP contribution in [-0.2, 0) is 32.5 Å². The predicted octanol–water partition coefficient (Wildman–Crippen LogP) is 32.5. The van der Waals surface area contributed by atoms with Gasteiger partial charge in [-0.25, -0.2) is 0 Å². The van der Waals surface area contributed by atoms with Gasteiger partial charge in [0.25, 0.3) is 0 Å². The van der Waals surface area contributed by atoms with Crippen LogP contribution < -0.4 is 0 Å². The SMILES string of the molecule is CC(C)(C)c1ccc(-c2cc(/C=C/c3ccc(C(c4ccc(/C=C/c5ccc(-c6cc(-c7ccc(C(C)(C)C)cc7)cc(-c7ccc(C(C)(C)C)cc7)c6)cc5)cc4)c4ccc(/C=C/c5ccc(-c6cc(-c7ccc(C(C)(C)C)cc7)cc(-c7ccc(C(C)(C)C)cc7)c6)cc5)cc4)cc3)cc(-c3ccc(C(C)(C)C)cc3)c2)cc1. The summed E-state index contributed by atoms with van der Waals surface area (Å²) in [6, 6.07) is 122. The van der Waals surface area contributed by atoms with E-state index in [0.717, 1.165) is 33.4 Å². The van der Waals surface area contributed by atoms with Gasteiger partial charge in [0.1, 0.15) is 0 Å². The van der Waals surface area contributed by atoms with Gasteiger partial charge >= 0.3 is 0 Å². The molecule has 0 unspecified atom stereocenters. The standard InChI is InChI=1S/C115H114/c1-110(2,3)103-57-45-86(46-58-103)95-69-83(70-96(71-95)87-47-59-104(60-48-87)111(4,5)6)24-23-82-33-43-94(44-34-82)109(92-39-29-80(30-40-92)21-19-78-25-35-84(36-26-78)97-72-99(88-49-61-105(62-50-88)112(7,8)9)76-100(73-97)89-51-63-106(64-52-89)113(10,11)12)93-41-31-81(32-42-93)22-20-79-27-37-85(38-28-79)98-74-101(90-53-65-107(66-54-90)114(13,14)15)77-102(75-98)91-55-67-108(68-56-91)115(16,17)18/h19-77,109H,1-18H3/b21-19+,22-20+,24-23+. The first kappa shape index (κ1) is 79.9. The van der Waals surface area contributed by atoms with Gasteiger partial charge in [0.05, 0.1) is 0 Å². The van der Waals surface area contributed by atoms with E-state index < -0.39 is 0 Å². The molecule has 0 radical (unpaired) electrons. The first-order valence-corrected chi connectivity index (χ1v) is 41.3. The molecule has 0 aliphatic carbocycles. The monoisotopic (exact) mass is 1490 g/mol. The minimum absolute atomic E-state index is 0.0165. The van der Waals surface area contributed by atoms with E-state index >= 15 is 0 Å². The summed E-state index contributed by atoms with van der Waals surface area (Å²) in [5.74, 6) is -0.0165. The van der Waals surface area contributed by atoms with Gasteiger partial charge in [0, 0.05) is 5.92 Å². The number of rotatable bonds is 17. The topological polar surface area (TPSA) is 0 Å². The molecule has 0 aliphatic heterocycles. The molecule has 0 atom stereocenters. The van der Waals surface area contributed by atoms with E-state index in [-0.39, 0.29) is 38.4 Å². The molecule has 0 heterocycles. The van der Waals surface area contributed by atoms with E-state index in [2.05, 4.69) is 483 Å². The summed E-state index contributed by atoms with van der Waals surface area (Å²) in [5.41, 5.74) is 38.4. The summed E-state index contributed by atoms with van der Waals surface area (Å²) in [4.78, 5) is 0. The van der Waals surface area contributed by atoms with Crippen LogP contribution in [0.2, 0.25) is 0 Å². The van der Waals surface area contributed by atoms with E-state index in [1.165, 1.54) is 139 Å². The van der Waals surface area contributed by atoms with E-state index in [1.54, 1.807) is 0 Å². The molecule has 0 amide bonds. The van der Waals surface area contributed by atoms with Crippen LogP contribution in [0.25, 0.3) is 125 Å². The van der Waals surface area contributed by atoms with Crippen molar-refractivity contribution in [3.05, 3.63) is 405 Å². The van der Waals surface area contributed by atoms with E-state index in [1.807, 2.05) is 0 Å². The quantitative estimate of drug-likeness (QED) is 0.0630. The van der Waals surface area contributed by atoms with Crippen LogP contribution in [-0.4, -0.2) is 0 Å². The molecule has 574 valence electrons. The Bertz CT molecular complexity index is 5290. The minimum atomic E-state index is -0.0165. The smallest absolute Gasteiger partial charge is 0.0340 e. The Hall–Kier alpha value is -11.7. The van der Waals surface area contributed by atoms with Gasteiger partial charge < -0.3 is 0 Å². The van der Waals surface area contributed by atoms with Crippen molar-refractivity contribution in [1.29, 1.82) is 0 Å². The van der Waals surface area contributed by atoms with Gasteiger partial charge in [0.2, 0.25) is 0 Å². The molecule has 0 fully saturated rings. The van der Waals surface area contributed by atoms with Crippen molar-refractivity contribution < 1.29 is 0 Å². The molecule has 14 rings (SSSR count). The Morgan fingerprint density at radius 2 is 0.270 bits per heavy atom. The second kappa shape index (κ2) is 32.7. The zero-order chi connectivity index (χ0) is 81.2. The van der Waals surface area contributed by atoms with Crippen molar-refractivity contribution in [2.24, 2.45) is 0 Å². The minimum Gasteiger partial charge on any atom is -0.0579 e. The summed E-state index contributed by atoms with van der Waals surface area (Å²) < 4.78 is 0. The van der Waals surface area contributed by atoms with E-state index in [9.17, 15) is 0 Å². The second-order valence-electron chi connectivity index (χ2n) is 38.1. The van der Waals surface area contributed by atoms with Crippen LogP contribution in [0.4, 0.5) is 0 Å². The highest BCUT2D eigenvalue weighted by Crippen LogP contribution is 2.41. The Morgan fingerprint density at radius 3 is 0.426 bits per heavy atom. The van der Waals surface area contributed by atoms with Crippen molar-refractivity contribution in [1.82, 2.24) is 0 Å². The maximum absolute atomic E-state index is 2.35. The molecule has 115 heavy (non-hydrogen) atoms. The predicted molar refractivity (Wildman–Crippen MR) is 502 cm³/mol. The van der Waals surface area contributed by atoms with Gasteiger partial charge in [-0.2, -0.15) is 0 Å². The lowest BCUT2D eigenvalue weighted by Crippen LogP contribution is -2.10. The molecule has 0 saturated carbocycles. The summed E-state index contributed by atoms with van der Waals surface area (Å²) in [6.45, 7) is 41.0. The van der Waals surface area contributed by atoms with Crippen LogP contribution in [0.5, 0.6) is 0 Å². The van der Waals surface area contributed by atoms with E-state index in [0.29, 0.717) is 0 Å². The van der Waals surface area contributed by atoms with Crippen molar-refractivity contribution in [3.63, 3.8) is 0 Å². The summed E-state index contributed by atoms with van der Waals surface area (Å²) in [6.07, 6.45) is 13.5. The molecular weight excluding hydrogens is 1380 g/mol. The number of hydrogen-bond donors (Lipinski definition) is 0. The molecule has 0 bridgehead atoms. The summed E-state index contributed by atoms with van der Waals surface area (Å²) >= 11 is 0. The fraction of sp³-hybridized carbons (Fsp3) is 0.217. The van der Waals surface area contributed by atoms with E-state index in [4.69, 9.17) is 0 Å². The molecule has 0 aromatic heterocycles. The first-order chi connectivity index (χ1) is 54.7. The van der Waals surface area contributed by atoms with Gasteiger partial charge in [-0.1, -0.05) is 428 Å². The highest BCUT2D eigenvalue weighted by molar-refractivity contribution is 5.86. The fourth-order valence-corrected chi connectivity index (χ4v) is 15.4. The summed E-state index contributed by atoms with van der Waals surface area (Å²) in [7, 11) is 0. The first-order valence-electron chi connectivity index (χ1n) is 41.3. The zero-order valence-corrected chi connectivity index (χ0v) is 71.1. The van der Waals surface area contributed by atoms with Crippen molar-refractivity contribution in [2.45, 2.75) is 163 Å². The third kappa shape index (κ3) is 19.6. The highest BCUT2D eigenvalue weighted by Gasteiger charge is 2.23. The average molecular weight is 1500 g/mol. The van der Waals surface area contributed by atoms with Gasteiger partial charge in [-0.3, -0.25) is 0 Å². The molecule has 0 saturated heterocycles. The van der Waals surface area contributed by atoms with Gasteiger partial charge in [-0.15, -0.1) is 0 Å². The molecule has 14 aromatic carbocycles. The van der Waals surface area contributed by atoms with Crippen molar-refractivity contribution >= 4 is 36.5 Å². The lowest BCUT2D eigenvalue weighted by Gasteiger charge is -2.20. The Kier molecular flexibility index (Phi) is 22.7. The van der Waals surface area contributed by atoms with Crippen LogP contribution in [0.1, 0.15) is 214 Å². The lowest BCUT2D eigenvalue weighted by atomic mass is 9.84. The van der Waals surface area contributed by atoms with Crippen LogP contribution in [0, 0.1) is 0 Å². The number of benzene rings is 14. The Morgan fingerprint density at radius 1 is 0.139 bits per heavy atom. The number of hydrogen-bond acceptors (Lipinski definition) is 0. The van der Waals surface area contributed by atoms with Crippen molar-refractivity contribution in [3.8, 4) is 89.0 Å². The lowest BCUT2D eigenvalue weighted by molar-refractivity contribution is 0.590. The highest BCUT2D eigenvalue weighted by atomic mass is 14.3. The Balaban J connectivity index is 0.747. The van der Waals surface area contributed by atoms with Crippen molar-refractivity contribution in [2.75, 3.05) is 0 Å². The fourth-order valence-electron chi connectivity index (χ4n) is 15.4. The molecule has 14 aromatic rings. The molecule has 0 spiro atoms. The molecule has 0 nitrogen and oxygen atoms in total. The normalized spacial score (nSPS) is 12.6. The average Bonchev–Trinajstić information content (AvgIpc) is 0.798. The molecule has 0 N–H and O–H groups in total. The second-order valence-corrected chi connectivity index (χ2v) is 38.1. The van der Waals surface area contributed by atoms with Gasteiger partial charge in [0.15, 0.2) is 0 Å². The Labute approximate surface area is 688 Å². The molecule has 0 aliphatic rings. The van der Waals surface area contributed by atoms with Crippen LogP contribution in [0.15, 0.2) is 322 Å². The largest absolute Gasteiger partial charge is 0.0579 e. The van der Waals surface area contributed by atoms with Gasteiger partial charge in [-0.05, 0) is 260 Å². The third-order valence-electron chi connectivity index (χ3n) is 23.0. The molecular formula is C115H114. The third-order valence-corrected chi connectivity index (χ3v) is 23.0. The maximum atomic E-state index is 2.35. The molecule has 0 heteroatoms. The van der Waals surface area contributed by atoms with Crippen LogP contribution >= 0.6 is 0 Å². The zero-order valence-electron chi connectivity index (χ0n) is 71.1. The van der Waals surface area contributed by atoms with Crippen LogP contribution in [0.3, 0.4) is 0 Å². The maximum Gasteiger partial charge on any atom is 0.0340 e. The summed E-state index contributed by atoms with van der Waals surface area (Å²) in [5, 5.41) is 0.